The molecular formula is C16H18FNO3S. The third-order valence-electron chi connectivity index (χ3n) is 3.39. The second-order valence-electron chi connectivity index (χ2n) is 4.92. The number of ether oxygens (including phenoxy) is 1. The van der Waals surface area contributed by atoms with E-state index in [-0.39, 0.29) is 29.3 Å². The van der Waals surface area contributed by atoms with E-state index in [0.29, 0.717) is 10.1 Å². The lowest BCUT2D eigenvalue weighted by Crippen LogP contribution is -2.36. The van der Waals surface area contributed by atoms with Gasteiger partial charge in [-0.15, -0.1) is 11.3 Å². The first kappa shape index (κ1) is 16.4. The van der Waals surface area contributed by atoms with Crippen LogP contribution in [0.2, 0.25) is 0 Å². The molecule has 0 atom stereocenters. The quantitative estimate of drug-likeness (QED) is 0.828. The number of thiophene rings is 1. The lowest BCUT2D eigenvalue weighted by molar-refractivity contribution is -0.125. The van der Waals surface area contributed by atoms with E-state index in [4.69, 9.17) is 4.74 Å². The zero-order chi connectivity index (χ0) is 16.1. The predicted molar refractivity (Wildman–Crippen MR) is 84.6 cm³/mol. The second kappa shape index (κ2) is 7.35. The summed E-state index contributed by atoms with van der Waals surface area (Å²) in [6, 6.07) is 6.21. The molecule has 0 aliphatic carbocycles. The first-order chi connectivity index (χ1) is 10.5. The average Bonchev–Trinajstić information content (AvgIpc) is 2.96. The number of hydrogen-bond acceptors (Lipinski definition) is 4. The molecule has 118 valence electrons. The molecule has 4 nitrogen and oxygen atoms in total. The van der Waals surface area contributed by atoms with Crippen molar-refractivity contribution in [2.24, 2.45) is 0 Å². The van der Waals surface area contributed by atoms with Gasteiger partial charge in [-0.1, -0.05) is 19.9 Å². The summed E-state index contributed by atoms with van der Waals surface area (Å²) < 4.78 is 19.2. The summed E-state index contributed by atoms with van der Waals surface area (Å²) in [5.41, 5.74) is 0. The van der Waals surface area contributed by atoms with Crippen molar-refractivity contribution in [1.82, 2.24) is 5.32 Å². The lowest BCUT2D eigenvalue weighted by atomic mass is 10.2. The van der Waals surface area contributed by atoms with Crippen molar-refractivity contribution in [3.8, 4) is 0 Å². The number of esters is 1. The monoisotopic (exact) mass is 323 g/mol. The Morgan fingerprint density at radius 3 is 2.68 bits per heavy atom. The number of benzene rings is 1. The van der Waals surface area contributed by atoms with Crippen molar-refractivity contribution in [3.05, 3.63) is 35.0 Å². The van der Waals surface area contributed by atoms with Gasteiger partial charge in [0.05, 0.1) is 0 Å². The molecule has 22 heavy (non-hydrogen) atoms. The Labute approximate surface area is 132 Å². The SMILES string of the molecule is CCC(CC)NC(=O)COC(=O)c1cc2c(F)cccc2s1. The third kappa shape index (κ3) is 3.82. The van der Waals surface area contributed by atoms with E-state index in [2.05, 4.69) is 5.32 Å². The largest absolute Gasteiger partial charge is 0.451 e. The number of amides is 1. The topological polar surface area (TPSA) is 55.4 Å². The van der Waals surface area contributed by atoms with Crippen molar-refractivity contribution in [2.45, 2.75) is 32.7 Å². The van der Waals surface area contributed by atoms with Crippen molar-refractivity contribution >= 4 is 33.3 Å². The molecule has 1 aromatic heterocycles. The van der Waals surface area contributed by atoms with Crippen molar-refractivity contribution < 1.29 is 18.7 Å². The van der Waals surface area contributed by atoms with E-state index in [1.165, 1.54) is 12.1 Å². The number of halogens is 1. The number of hydrogen-bond donors (Lipinski definition) is 1. The molecule has 1 amide bonds. The van der Waals surface area contributed by atoms with Crippen molar-refractivity contribution in [2.75, 3.05) is 6.61 Å². The molecule has 1 N–H and O–H groups in total. The summed E-state index contributed by atoms with van der Waals surface area (Å²) >= 11 is 1.15. The Morgan fingerprint density at radius 2 is 2.05 bits per heavy atom. The van der Waals surface area contributed by atoms with Crippen LogP contribution in [0.1, 0.15) is 36.4 Å². The molecule has 0 spiro atoms. The molecule has 0 radical (unpaired) electrons. The molecule has 0 aliphatic rings. The highest BCUT2D eigenvalue weighted by Crippen LogP contribution is 2.28. The molecule has 0 unspecified atom stereocenters. The number of carbonyl (C=O) groups is 2. The standard InChI is InChI=1S/C16H18FNO3S/c1-3-10(4-2)18-15(19)9-21-16(20)14-8-11-12(17)6-5-7-13(11)22-14/h5-8,10H,3-4,9H2,1-2H3,(H,18,19). The molecule has 0 saturated heterocycles. The molecule has 0 saturated carbocycles. The van der Waals surface area contributed by atoms with Gasteiger partial charge >= 0.3 is 5.97 Å². The van der Waals surface area contributed by atoms with Crippen molar-refractivity contribution in [3.63, 3.8) is 0 Å². The van der Waals surface area contributed by atoms with Crippen LogP contribution >= 0.6 is 11.3 Å². The van der Waals surface area contributed by atoms with E-state index in [1.54, 1.807) is 12.1 Å². The zero-order valence-corrected chi connectivity index (χ0v) is 13.3. The maximum Gasteiger partial charge on any atom is 0.348 e. The Hall–Kier alpha value is -1.95. The number of fused-ring (bicyclic) bond motifs is 1. The summed E-state index contributed by atoms with van der Waals surface area (Å²) in [4.78, 5) is 23.9. The first-order valence-electron chi connectivity index (χ1n) is 7.19. The van der Waals surface area contributed by atoms with Crippen LogP contribution in [0.3, 0.4) is 0 Å². The zero-order valence-electron chi connectivity index (χ0n) is 12.5. The van der Waals surface area contributed by atoms with Crippen molar-refractivity contribution in [1.29, 1.82) is 0 Å². The Morgan fingerprint density at radius 1 is 1.32 bits per heavy atom. The van der Waals surface area contributed by atoms with Crippen LogP contribution in [-0.4, -0.2) is 24.5 Å². The fourth-order valence-electron chi connectivity index (χ4n) is 2.09. The molecular weight excluding hydrogens is 305 g/mol. The minimum Gasteiger partial charge on any atom is -0.451 e. The van der Waals surface area contributed by atoms with Gasteiger partial charge < -0.3 is 10.1 Å². The molecule has 2 rings (SSSR count). The van der Waals surface area contributed by atoms with E-state index in [9.17, 15) is 14.0 Å². The second-order valence-corrected chi connectivity index (χ2v) is 6.00. The fraction of sp³-hybridized carbons (Fsp3) is 0.375. The number of nitrogens with one attached hydrogen (secondary N) is 1. The number of carbonyl (C=O) groups excluding carboxylic acids is 2. The minimum absolute atomic E-state index is 0.0876. The van der Waals surface area contributed by atoms with Crippen LogP contribution in [0.25, 0.3) is 10.1 Å². The van der Waals surface area contributed by atoms with Crippen LogP contribution in [-0.2, 0) is 9.53 Å². The van der Waals surface area contributed by atoms with Gasteiger partial charge in [0.2, 0.25) is 0 Å². The van der Waals surface area contributed by atoms with Crippen LogP contribution in [0, 0.1) is 5.82 Å². The minimum atomic E-state index is -0.611. The summed E-state index contributed by atoms with van der Waals surface area (Å²) in [7, 11) is 0. The molecule has 1 heterocycles. The molecule has 2 aromatic rings. The van der Waals surface area contributed by atoms with E-state index < -0.39 is 5.97 Å². The summed E-state index contributed by atoms with van der Waals surface area (Å²) in [5.74, 6) is -1.31. The third-order valence-corrected chi connectivity index (χ3v) is 4.47. The smallest absolute Gasteiger partial charge is 0.348 e. The highest BCUT2D eigenvalue weighted by atomic mass is 32.1. The number of rotatable bonds is 6. The van der Waals surface area contributed by atoms with Crippen LogP contribution < -0.4 is 5.32 Å². The van der Waals surface area contributed by atoms with Gasteiger partial charge in [-0.2, -0.15) is 0 Å². The maximum atomic E-state index is 13.6. The molecule has 6 heteroatoms. The van der Waals surface area contributed by atoms with E-state index in [1.807, 2.05) is 13.8 Å². The van der Waals surface area contributed by atoms with Gasteiger partial charge in [0.25, 0.3) is 5.91 Å². The Bertz CT molecular complexity index is 679. The Kier molecular flexibility index (Phi) is 5.49. The summed E-state index contributed by atoms with van der Waals surface area (Å²) in [6.45, 7) is 3.63. The van der Waals surface area contributed by atoms with Gasteiger partial charge in [-0.05, 0) is 31.0 Å². The molecule has 0 fully saturated rings. The van der Waals surface area contributed by atoms with E-state index in [0.717, 1.165) is 24.2 Å². The highest BCUT2D eigenvalue weighted by molar-refractivity contribution is 7.20. The van der Waals surface area contributed by atoms with Gasteiger partial charge in [0, 0.05) is 16.1 Å². The summed E-state index contributed by atoms with van der Waals surface area (Å²) in [6.07, 6.45) is 1.65. The summed E-state index contributed by atoms with van der Waals surface area (Å²) in [5, 5.41) is 3.18. The van der Waals surface area contributed by atoms with Gasteiger partial charge in [0.1, 0.15) is 10.7 Å². The Balaban J connectivity index is 1.96. The van der Waals surface area contributed by atoms with Crippen LogP contribution in [0.4, 0.5) is 4.39 Å². The van der Waals surface area contributed by atoms with Crippen LogP contribution in [0.5, 0.6) is 0 Å². The molecule has 1 aromatic carbocycles. The normalized spacial score (nSPS) is 10.9. The predicted octanol–water partition coefficient (Wildman–Crippen LogP) is 3.50. The lowest BCUT2D eigenvalue weighted by Gasteiger charge is -2.14. The maximum absolute atomic E-state index is 13.6. The van der Waals surface area contributed by atoms with E-state index >= 15 is 0 Å². The highest BCUT2D eigenvalue weighted by Gasteiger charge is 2.16. The van der Waals surface area contributed by atoms with Gasteiger partial charge in [-0.3, -0.25) is 4.79 Å². The van der Waals surface area contributed by atoms with Gasteiger partial charge in [-0.25, -0.2) is 9.18 Å². The molecule has 0 bridgehead atoms. The van der Waals surface area contributed by atoms with Crippen LogP contribution in [0.15, 0.2) is 24.3 Å². The molecule has 0 aliphatic heterocycles. The first-order valence-corrected chi connectivity index (χ1v) is 8.01. The van der Waals surface area contributed by atoms with Gasteiger partial charge in [0.15, 0.2) is 6.61 Å². The average molecular weight is 323 g/mol. The fourth-order valence-corrected chi connectivity index (χ4v) is 3.06.